The lowest BCUT2D eigenvalue weighted by Crippen LogP contribution is -2.21. The minimum atomic E-state index is -0.0203. The highest BCUT2D eigenvalue weighted by atomic mass is 127. The highest BCUT2D eigenvalue weighted by Crippen LogP contribution is 1.91. The lowest BCUT2D eigenvalue weighted by Gasteiger charge is -2.01. The molecule has 0 spiro atoms. The minimum absolute atomic E-state index is 0.0203. The molecule has 2 nitrogen and oxygen atoms in total. The summed E-state index contributed by atoms with van der Waals surface area (Å²) in [5.41, 5.74) is 0. The first kappa shape index (κ1) is 8.71. The van der Waals surface area contributed by atoms with Gasteiger partial charge in [0.2, 0.25) is 0 Å². The van der Waals surface area contributed by atoms with Crippen molar-refractivity contribution in [3.63, 3.8) is 0 Å². The van der Waals surface area contributed by atoms with Gasteiger partial charge in [0.05, 0.1) is 6.04 Å². The molecule has 48 valence electrons. The Morgan fingerprint density at radius 1 is 1.88 bits per heavy atom. The van der Waals surface area contributed by atoms with E-state index >= 15 is 0 Å². The van der Waals surface area contributed by atoms with E-state index in [-0.39, 0.29) is 6.04 Å². The molecule has 0 aliphatic rings. The van der Waals surface area contributed by atoms with E-state index in [1.54, 1.807) is 0 Å². The molecular formula is C4H8INOS. The lowest BCUT2D eigenvalue weighted by atomic mass is 10.3. The molecule has 0 aliphatic carbocycles. The van der Waals surface area contributed by atoms with Crippen molar-refractivity contribution < 1.29 is 4.79 Å². The topological polar surface area (TPSA) is 29.1 Å². The average Bonchev–Trinajstić information content (AvgIpc) is 1.83. The van der Waals surface area contributed by atoms with Gasteiger partial charge in [0.1, 0.15) is 6.29 Å². The summed E-state index contributed by atoms with van der Waals surface area (Å²) in [6.07, 6.45) is 1.69. The fourth-order valence-electron chi connectivity index (χ4n) is 0.287. The first-order valence-electron chi connectivity index (χ1n) is 2.27. The maximum Gasteiger partial charge on any atom is 0.137 e. The summed E-state index contributed by atoms with van der Waals surface area (Å²) in [5, 5.41) is 0. The van der Waals surface area contributed by atoms with Crippen LogP contribution in [0.4, 0.5) is 0 Å². The van der Waals surface area contributed by atoms with Crippen LogP contribution in [0.3, 0.4) is 0 Å². The summed E-state index contributed by atoms with van der Waals surface area (Å²) in [7, 11) is 0. The van der Waals surface area contributed by atoms with Crippen LogP contribution >= 0.6 is 35.5 Å². The molecule has 0 bridgehead atoms. The van der Waals surface area contributed by atoms with Gasteiger partial charge in [-0.2, -0.15) is 12.6 Å². The van der Waals surface area contributed by atoms with Gasteiger partial charge in [0, 0.05) is 22.9 Å². The molecule has 0 aromatic heterocycles. The molecule has 4 heteroatoms. The van der Waals surface area contributed by atoms with Crippen LogP contribution < -0.4 is 3.53 Å². The summed E-state index contributed by atoms with van der Waals surface area (Å²) < 4.78 is 2.81. The van der Waals surface area contributed by atoms with Crippen molar-refractivity contribution in [2.75, 3.05) is 5.75 Å². The summed E-state index contributed by atoms with van der Waals surface area (Å²) >= 11 is 5.92. The molecule has 1 atom stereocenters. The van der Waals surface area contributed by atoms with Crippen LogP contribution in [0.5, 0.6) is 0 Å². The van der Waals surface area contributed by atoms with Crippen LogP contribution in [0.2, 0.25) is 0 Å². The van der Waals surface area contributed by atoms with Crippen molar-refractivity contribution in [3.8, 4) is 0 Å². The average molecular weight is 245 g/mol. The maximum atomic E-state index is 10.0. The second kappa shape index (κ2) is 5.84. The van der Waals surface area contributed by atoms with Crippen molar-refractivity contribution in [1.29, 1.82) is 0 Å². The Morgan fingerprint density at radius 2 is 2.50 bits per heavy atom. The third kappa shape index (κ3) is 3.68. The normalized spacial score (nSPS) is 13.2. The van der Waals surface area contributed by atoms with Gasteiger partial charge in [-0.05, 0) is 12.2 Å². The molecule has 1 N–H and O–H groups in total. The number of nitrogens with one attached hydrogen (secondary N) is 1. The second-order valence-electron chi connectivity index (χ2n) is 1.36. The third-order valence-electron chi connectivity index (χ3n) is 0.745. The molecule has 0 radical (unpaired) electrons. The van der Waals surface area contributed by atoms with Crippen LogP contribution in [0.1, 0.15) is 6.42 Å². The Hall–Kier alpha value is 0.710. The molecule has 0 heterocycles. The predicted octanol–water partition coefficient (Wildman–Crippen LogP) is 0.813. The van der Waals surface area contributed by atoms with Gasteiger partial charge in [-0.25, -0.2) is 0 Å². The van der Waals surface area contributed by atoms with Crippen molar-refractivity contribution >= 4 is 41.8 Å². The Balaban J connectivity index is 3.21. The van der Waals surface area contributed by atoms with Gasteiger partial charge < -0.3 is 4.79 Å². The van der Waals surface area contributed by atoms with Crippen LogP contribution in [0.25, 0.3) is 0 Å². The predicted molar refractivity (Wildman–Crippen MR) is 45.5 cm³/mol. The van der Waals surface area contributed by atoms with Crippen LogP contribution in [-0.2, 0) is 4.79 Å². The summed E-state index contributed by atoms with van der Waals surface area (Å²) in [6.45, 7) is 0. The number of thiol groups is 1. The SMILES string of the molecule is O=C[C@H](CCS)NI. The summed E-state index contributed by atoms with van der Waals surface area (Å²) in [6, 6.07) is -0.0203. The monoisotopic (exact) mass is 245 g/mol. The summed E-state index contributed by atoms with van der Waals surface area (Å²) in [5.74, 6) is 0.749. The molecule has 0 fully saturated rings. The van der Waals surface area contributed by atoms with Crippen molar-refractivity contribution in [3.05, 3.63) is 0 Å². The smallest absolute Gasteiger partial charge is 0.137 e. The van der Waals surface area contributed by atoms with E-state index in [1.807, 2.05) is 22.9 Å². The molecule has 0 rings (SSSR count). The minimum Gasteiger partial charge on any atom is -0.302 e. The van der Waals surface area contributed by atoms with Gasteiger partial charge >= 0.3 is 0 Å². The maximum absolute atomic E-state index is 10.0. The molecule has 0 amide bonds. The van der Waals surface area contributed by atoms with Gasteiger partial charge in [-0.3, -0.25) is 3.53 Å². The lowest BCUT2D eigenvalue weighted by molar-refractivity contribution is -0.109. The molecule has 0 saturated carbocycles. The number of carbonyl (C=O) groups is 1. The van der Waals surface area contributed by atoms with E-state index in [9.17, 15) is 4.79 Å². The first-order valence-corrected chi connectivity index (χ1v) is 3.98. The van der Waals surface area contributed by atoms with Crippen molar-refractivity contribution in [1.82, 2.24) is 3.53 Å². The standard InChI is InChI=1S/C4H8INOS/c5-6-4(3-7)1-2-8/h3-4,6,8H,1-2H2/t4-/m0/s1. The fourth-order valence-corrected chi connectivity index (χ4v) is 1.02. The third-order valence-corrected chi connectivity index (χ3v) is 1.80. The van der Waals surface area contributed by atoms with Gasteiger partial charge in [-0.15, -0.1) is 0 Å². The molecule has 0 aromatic carbocycles. The number of aldehydes is 1. The molecular weight excluding hydrogens is 237 g/mol. The Bertz CT molecular complexity index is 71.1. The van der Waals surface area contributed by atoms with E-state index < -0.39 is 0 Å². The van der Waals surface area contributed by atoms with E-state index in [1.165, 1.54) is 0 Å². The van der Waals surface area contributed by atoms with Gasteiger partial charge in [-0.1, -0.05) is 0 Å². The molecule has 0 saturated heterocycles. The number of hydrogen-bond acceptors (Lipinski definition) is 3. The Morgan fingerprint density at radius 3 is 2.62 bits per heavy atom. The van der Waals surface area contributed by atoms with Gasteiger partial charge in [0.15, 0.2) is 0 Å². The fraction of sp³-hybridized carbons (Fsp3) is 0.750. The molecule has 8 heavy (non-hydrogen) atoms. The zero-order valence-corrected chi connectivity index (χ0v) is 7.35. The molecule has 0 unspecified atom stereocenters. The molecule has 0 aliphatic heterocycles. The number of halogens is 1. The highest BCUT2D eigenvalue weighted by Gasteiger charge is 2.00. The van der Waals surface area contributed by atoms with Crippen LogP contribution in [-0.4, -0.2) is 18.1 Å². The van der Waals surface area contributed by atoms with Crippen molar-refractivity contribution in [2.45, 2.75) is 12.5 Å². The number of hydrogen-bond donors (Lipinski definition) is 2. The van der Waals surface area contributed by atoms with E-state index in [0.29, 0.717) is 0 Å². The zero-order valence-electron chi connectivity index (χ0n) is 4.30. The largest absolute Gasteiger partial charge is 0.302 e. The Labute approximate surface area is 68.3 Å². The van der Waals surface area contributed by atoms with Crippen LogP contribution in [0, 0.1) is 0 Å². The van der Waals surface area contributed by atoms with E-state index in [2.05, 4.69) is 16.2 Å². The number of rotatable bonds is 4. The Kier molecular flexibility index (Phi) is 6.36. The summed E-state index contributed by atoms with van der Waals surface area (Å²) in [4.78, 5) is 10.0. The zero-order chi connectivity index (χ0) is 6.41. The second-order valence-corrected chi connectivity index (χ2v) is 2.43. The van der Waals surface area contributed by atoms with Gasteiger partial charge in [0.25, 0.3) is 0 Å². The highest BCUT2D eigenvalue weighted by molar-refractivity contribution is 14.1. The number of carbonyl (C=O) groups excluding carboxylic acids is 1. The quantitative estimate of drug-likeness (QED) is 0.332. The van der Waals surface area contributed by atoms with E-state index in [4.69, 9.17) is 0 Å². The van der Waals surface area contributed by atoms with Crippen molar-refractivity contribution in [2.24, 2.45) is 0 Å². The van der Waals surface area contributed by atoms with E-state index in [0.717, 1.165) is 18.5 Å². The molecule has 0 aromatic rings. The van der Waals surface area contributed by atoms with Crippen LogP contribution in [0.15, 0.2) is 0 Å². The first-order chi connectivity index (χ1) is 3.85.